The molecule has 0 spiro atoms. The highest BCUT2D eigenvalue weighted by Crippen LogP contribution is 2.36. The van der Waals surface area contributed by atoms with Crippen molar-refractivity contribution in [1.29, 1.82) is 0 Å². The first-order valence-electron chi connectivity index (χ1n) is 7.70. The fraction of sp³-hybridized carbons (Fsp3) is 0.176. The van der Waals surface area contributed by atoms with E-state index in [2.05, 4.69) is 0 Å². The standard InChI is InChI=1S/C17H13ClN2O5S/c1-2-7-19-16(21)15(26-17(19)22)9-11-4-6-14(25-11)12-5-3-10(18)8-13(12)20(23)24/h3-6,8-9H,2,7H2,1H3/b15-9+. The second kappa shape index (κ2) is 7.35. The Morgan fingerprint density at radius 3 is 2.77 bits per heavy atom. The molecule has 134 valence electrons. The Labute approximate surface area is 157 Å². The molecule has 1 aromatic carbocycles. The Bertz CT molecular complexity index is 937. The molecule has 2 aromatic rings. The second-order valence-electron chi connectivity index (χ2n) is 5.45. The summed E-state index contributed by atoms with van der Waals surface area (Å²) in [6.07, 6.45) is 2.14. The quantitative estimate of drug-likeness (QED) is 0.405. The van der Waals surface area contributed by atoms with E-state index in [0.717, 1.165) is 11.8 Å². The number of amides is 2. The molecular formula is C17H13ClN2O5S. The van der Waals surface area contributed by atoms with Crippen LogP contribution in [-0.2, 0) is 4.79 Å². The van der Waals surface area contributed by atoms with Crippen LogP contribution < -0.4 is 0 Å². The van der Waals surface area contributed by atoms with Crippen LogP contribution in [0.25, 0.3) is 17.4 Å². The van der Waals surface area contributed by atoms with Gasteiger partial charge in [0.25, 0.3) is 16.8 Å². The third-order valence-electron chi connectivity index (χ3n) is 3.64. The molecule has 3 rings (SSSR count). The molecule has 7 nitrogen and oxygen atoms in total. The van der Waals surface area contributed by atoms with Crippen LogP contribution in [0.3, 0.4) is 0 Å². The van der Waals surface area contributed by atoms with E-state index in [1.54, 1.807) is 12.1 Å². The molecule has 0 bridgehead atoms. The molecule has 0 atom stereocenters. The number of benzene rings is 1. The van der Waals surface area contributed by atoms with Crippen molar-refractivity contribution in [2.24, 2.45) is 0 Å². The van der Waals surface area contributed by atoms with Crippen molar-refractivity contribution in [3.05, 3.63) is 56.1 Å². The van der Waals surface area contributed by atoms with Gasteiger partial charge in [-0.15, -0.1) is 0 Å². The van der Waals surface area contributed by atoms with E-state index >= 15 is 0 Å². The molecule has 1 aliphatic heterocycles. The topological polar surface area (TPSA) is 93.7 Å². The Morgan fingerprint density at radius 2 is 2.08 bits per heavy atom. The van der Waals surface area contributed by atoms with Crippen LogP contribution in [0.5, 0.6) is 0 Å². The number of hydrogen-bond acceptors (Lipinski definition) is 6. The van der Waals surface area contributed by atoms with Crippen molar-refractivity contribution >= 4 is 46.3 Å². The molecule has 0 aliphatic carbocycles. The highest BCUT2D eigenvalue weighted by Gasteiger charge is 2.34. The number of rotatable bonds is 5. The molecule has 1 fully saturated rings. The van der Waals surface area contributed by atoms with Crippen molar-refractivity contribution in [1.82, 2.24) is 4.90 Å². The lowest BCUT2D eigenvalue weighted by Crippen LogP contribution is -2.28. The molecule has 2 heterocycles. The average molecular weight is 393 g/mol. The lowest BCUT2D eigenvalue weighted by atomic mass is 10.1. The Kier molecular flexibility index (Phi) is 5.15. The molecular weight excluding hydrogens is 380 g/mol. The number of nitro groups is 1. The molecule has 1 aromatic heterocycles. The van der Waals surface area contributed by atoms with Crippen LogP contribution in [0.4, 0.5) is 10.5 Å². The van der Waals surface area contributed by atoms with Crippen molar-refractivity contribution in [2.75, 3.05) is 6.54 Å². The zero-order valence-electron chi connectivity index (χ0n) is 13.6. The van der Waals surface area contributed by atoms with Gasteiger partial charge in [0, 0.05) is 23.7 Å². The summed E-state index contributed by atoms with van der Waals surface area (Å²) in [5.41, 5.74) is 0.0970. The zero-order chi connectivity index (χ0) is 18.8. The van der Waals surface area contributed by atoms with Crippen molar-refractivity contribution in [3.63, 3.8) is 0 Å². The van der Waals surface area contributed by atoms with E-state index < -0.39 is 4.92 Å². The van der Waals surface area contributed by atoms with E-state index in [1.165, 1.54) is 29.2 Å². The number of nitrogens with zero attached hydrogens (tertiary/aromatic N) is 2. The molecule has 26 heavy (non-hydrogen) atoms. The molecule has 9 heteroatoms. The Hall–Kier alpha value is -2.58. The lowest BCUT2D eigenvalue weighted by molar-refractivity contribution is -0.384. The highest BCUT2D eigenvalue weighted by molar-refractivity contribution is 8.18. The minimum atomic E-state index is -0.542. The predicted molar refractivity (Wildman–Crippen MR) is 98.8 cm³/mol. The molecule has 0 radical (unpaired) electrons. The SMILES string of the molecule is CCCN1C(=O)S/C(=C/c2ccc(-c3ccc(Cl)cc3[N+](=O)[O-])o2)C1=O. The van der Waals surface area contributed by atoms with Gasteiger partial charge < -0.3 is 4.42 Å². The number of nitro benzene ring substituents is 1. The first-order valence-corrected chi connectivity index (χ1v) is 8.89. The number of thioether (sulfide) groups is 1. The number of carbonyl (C=O) groups is 2. The Balaban J connectivity index is 1.91. The van der Waals surface area contributed by atoms with Gasteiger partial charge in [-0.1, -0.05) is 18.5 Å². The maximum Gasteiger partial charge on any atom is 0.293 e. The van der Waals surface area contributed by atoms with Crippen molar-refractivity contribution in [2.45, 2.75) is 13.3 Å². The fourth-order valence-corrected chi connectivity index (χ4v) is 3.50. The largest absolute Gasteiger partial charge is 0.456 e. The van der Waals surface area contributed by atoms with Crippen LogP contribution >= 0.6 is 23.4 Å². The zero-order valence-corrected chi connectivity index (χ0v) is 15.2. The number of carbonyl (C=O) groups excluding carboxylic acids is 2. The number of halogens is 1. The van der Waals surface area contributed by atoms with Crippen molar-refractivity contribution < 1.29 is 18.9 Å². The summed E-state index contributed by atoms with van der Waals surface area (Å²) in [6.45, 7) is 2.24. The first kappa shape index (κ1) is 18.2. The van der Waals surface area contributed by atoms with Gasteiger partial charge in [0.05, 0.1) is 15.4 Å². The van der Waals surface area contributed by atoms with E-state index in [-0.39, 0.29) is 38.1 Å². The Morgan fingerprint density at radius 1 is 1.31 bits per heavy atom. The van der Waals surface area contributed by atoms with Crippen molar-refractivity contribution in [3.8, 4) is 11.3 Å². The maximum atomic E-state index is 12.2. The minimum absolute atomic E-state index is 0.179. The summed E-state index contributed by atoms with van der Waals surface area (Å²) >= 11 is 6.66. The van der Waals surface area contributed by atoms with E-state index in [0.29, 0.717) is 18.7 Å². The van der Waals surface area contributed by atoms with Gasteiger partial charge in [0.15, 0.2) is 0 Å². The van der Waals surface area contributed by atoms with Gasteiger partial charge in [-0.2, -0.15) is 0 Å². The number of furan rings is 1. The highest BCUT2D eigenvalue weighted by atomic mass is 35.5. The molecule has 1 aliphatic rings. The van der Waals surface area contributed by atoms with E-state index in [4.69, 9.17) is 16.0 Å². The smallest absolute Gasteiger partial charge is 0.293 e. The van der Waals surface area contributed by atoms with Gasteiger partial charge in [0.2, 0.25) is 0 Å². The van der Waals surface area contributed by atoms with Crippen LogP contribution in [0.2, 0.25) is 5.02 Å². The summed E-state index contributed by atoms with van der Waals surface area (Å²) in [4.78, 5) is 36.2. The molecule has 0 N–H and O–H groups in total. The van der Waals surface area contributed by atoms with Crippen LogP contribution in [0.1, 0.15) is 19.1 Å². The summed E-state index contributed by atoms with van der Waals surface area (Å²) in [5, 5.41) is 11.1. The van der Waals surface area contributed by atoms with Crippen LogP contribution in [0, 0.1) is 10.1 Å². The van der Waals surface area contributed by atoms with Gasteiger partial charge in [-0.25, -0.2) is 0 Å². The lowest BCUT2D eigenvalue weighted by Gasteiger charge is -2.09. The predicted octanol–water partition coefficient (Wildman–Crippen LogP) is 4.95. The third kappa shape index (κ3) is 3.51. The van der Waals surface area contributed by atoms with Gasteiger partial charge in [0.1, 0.15) is 11.5 Å². The summed E-state index contributed by atoms with van der Waals surface area (Å²) in [7, 11) is 0. The van der Waals surface area contributed by atoms with Crippen LogP contribution in [0.15, 0.2) is 39.7 Å². The second-order valence-corrected chi connectivity index (χ2v) is 6.88. The van der Waals surface area contributed by atoms with Crippen LogP contribution in [-0.4, -0.2) is 27.5 Å². The monoisotopic (exact) mass is 392 g/mol. The molecule has 0 unspecified atom stereocenters. The normalized spacial score (nSPS) is 15.9. The molecule has 0 saturated carbocycles. The summed E-state index contributed by atoms with van der Waals surface area (Å²) < 4.78 is 5.62. The molecule has 2 amide bonds. The number of hydrogen-bond donors (Lipinski definition) is 0. The first-order chi connectivity index (χ1) is 12.4. The average Bonchev–Trinajstić information content (AvgIpc) is 3.15. The van der Waals surface area contributed by atoms with Gasteiger partial charge in [-0.3, -0.25) is 24.6 Å². The molecule has 1 saturated heterocycles. The fourth-order valence-electron chi connectivity index (χ4n) is 2.48. The summed E-state index contributed by atoms with van der Waals surface area (Å²) in [6, 6.07) is 7.43. The summed E-state index contributed by atoms with van der Waals surface area (Å²) in [5.74, 6) is 0.232. The van der Waals surface area contributed by atoms with Gasteiger partial charge in [-0.05, 0) is 42.4 Å². The van der Waals surface area contributed by atoms with Gasteiger partial charge >= 0.3 is 0 Å². The third-order valence-corrected chi connectivity index (χ3v) is 4.79. The van der Waals surface area contributed by atoms with E-state index in [9.17, 15) is 19.7 Å². The van der Waals surface area contributed by atoms with E-state index in [1.807, 2.05) is 6.92 Å². The minimum Gasteiger partial charge on any atom is -0.456 e. The maximum absolute atomic E-state index is 12.2. The number of imide groups is 1.